The van der Waals surface area contributed by atoms with Crippen molar-refractivity contribution in [1.29, 1.82) is 0 Å². The molecule has 0 aromatic heterocycles. The van der Waals surface area contributed by atoms with Crippen LogP contribution in [0, 0.1) is 0 Å². The molecule has 0 bridgehead atoms. The summed E-state index contributed by atoms with van der Waals surface area (Å²) < 4.78 is 11.1. The van der Waals surface area contributed by atoms with Gasteiger partial charge < -0.3 is 20.5 Å². The van der Waals surface area contributed by atoms with Crippen molar-refractivity contribution >= 4 is 5.91 Å². The second-order valence-corrected chi connectivity index (χ2v) is 4.24. The third-order valence-corrected chi connectivity index (χ3v) is 2.88. The van der Waals surface area contributed by atoms with Gasteiger partial charge in [-0.05, 0) is 17.7 Å². The molecule has 1 aromatic rings. The van der Waals surface area contributed by atoms with Crippen LogP contribution in [0.4, 0.5) is 0 Å². The summed E-state index contributed by atoms with van der Waals surface area (Å²) in [5, 5.41) is 2.56. The number of carbonyl (C=O) groups is 1. The Hall–Kier alpha value is -1.75. The van der Waals surface area contributed by atoms with Gasteiger partial charge in [-0.1, -0.05) is 6.07 Å². The lowest BCUT2D eigenvalue weighted by Crippen LogP contribution is -2.24. The van der Waals surface area contributed by atoms with Crippen LogP contribution in [0.2, 0.25) is 0 Å². The molecule has 0 saturated heterocycles. The van der Waals surface area contributed by atoms with E-state index in [0.29, 0.717) is 19.0 Å². The molecule has 0 aliphatic carbocycles. The Balaban J connectivity index is 2.14. The zero-order valence-corrected chi connectivity index (χ0v) is 10.4. The summed E-state index contributed by atoms with van der Waals surface area (Å²) >= 11 is 0. The minimum absolute atomic E-state index is 0.0744. The predicted octanol–water partition coefficient (Wildman–Crippen LogP) is 0.984. The SMILES string of the molecule is CNC(=O)CC(N)c1ccc2c(c1)OCCCO2. The van der Waals surface area contributed by atoms with E-state index in [2.05, 4.69) is 5.32 Å². The van der Waals surface area contributed by atoms with Crippen LogP contribution in [0.1, 0.15) is 24.4 Å². The molecule has 1 atom stereocenters. The molecule has 1 amide bonds. The minimum Gasteiger partial charge on any atom is -0.490 e. The Morgan fingerprint density at radius 3 is 2.83 bits per heavy atom. The number of hydrogen-bond acceptors (Lipinski definition) is 4. The second kappa shape index (κ2) is 5.73. The largest absolute Gasteiger partial charge is 0.490 e. The van der Waals surface area contributed by atoms with Crippen LogP contribution >= 0.6 is 0 Å². The number of benzene rings is 1. The average molecular weight is 250 g/mol. The van der Waals surface area contributed by atoms with Crippen LogP contribution in [0.5, 0.6) is 11.5 Å². The molecule has 18 heavy (non-hydrogen) atoms. The zero-order chi connectivity index (χ0) is 13.0. The lowest BCUT2D eigenvalue weighted by Gasteiger charge is -2.14. The molecule has 0 spiro atoms. The monoisotopic (exact) mass is 250 g/mol. The Labute approximate surface area is 106 Å². The molecule has 0 radical (unpaired) electrons. The molecular formula is C13H18N2O3. The third kappa shape index (κ3) is 2.92. The van der Waals surface area contributed by atoms with Crippen molar-refractivity contribution in [3.05, 3.63) is 23.8 Å². The Morgan fingerprint density at radius 2 is 2.11 bits per heavy atom. The predicted molar refractivity (Wildman–Crippen MR) is 67.7 cm³/mol. The van der Waals surface area contributed by atoms with Crippen molar-refractivity contribution < 1.29 is 14.3 Å². The zero-order valence-electron chi connectivity index (χ0n) is 10.4. The van der Waals surface area contributed by atoms with Gasteiger partial charge in [-0.25, -0.2) is 0 Å². The van der Waals surface area contributed by atoms with Gasteiger partial charge in [0.25, 0.3) is 0 Å². The van der Waals surface area contributed by atoms with E-state index in [9.17, 15) is 4.79 Å². The summed E-state index contributed by atoms with van der Waals surface area (Å²) in [7, 11) is 1.60. The first-order valence-corrected chi connectivity index (χ1v) is 6.06. The van der Waals surface area contributed by atoms with Gasteiger partial charge in [0.05, 0.1) is 13.2 Å². The van der Waals surface area contributed by atoms with Crippen molar-refractivity contribution in [2.75, 3.05) is 20.3 Å². The lowest BCUT2D eigenvalue weighted by molar-refractivity contribution is -0.120. The van der Waals surface area contributed by atoms with Crippen molar-refractivity contribution in [3.8, 4) is 11.5 Å². The topological polar surface area (TPSA) is 73.6 Å². The molecular weight excluding hydrogens is 232 g/mol. The number of nitrogens with two attached hydrogens (primary N) is 1. The van der Waals surface area contributed by atoms with Crippen LogP contribution in [0.3, 0.4) is 0 Å². The van der Waals surface area contributed by atoms with E-state index in [0.717, 1.165) is 17.7 Å². The number of amides is 1. The maximum absolute atomic E-state index is 11.3. The van der Waals surface area contributed by atoms with Crippen LogP contribution in [0.15, 0.2) is 18.2 Å². The highest BCUT2D eigenvalue weighted by molar-refractivity contribution is 5.76. The van der Waals surface area contributed by atoms with Crippen LogP contribution < -0.4 is 20.5 Å². The molecule has 1 unspecified atom stereocenters. The number of hydrogen-bond donors (Lipinski definition) is 2. The molecule has 5 nitrogen and oxygen atoms in total. The molecule has 3 N–H and O–H groups in total. The Kier molecular flexibility index (Phi) is 4.04. The van der Waals surface area contributed by atoms with E-state index in [1.807, 2.05) is 18.2 Å². The van der Waals surface area contributed by atoms with Crippen molar-refractivity contribution in [2.45, 2.75) is 18.9 Å². The van der Waals surface area contributed by atoms with Gasteiger partial charge in [0.2, 0.25) is 5.91 Å². The van der Waals surface area contributed by atoms with E-state index >= 15 is 0 Å². The van der Waals surface area contributed by atoms with Gasteiger partial charge in [0.15, 0.2) is 11.5 Å². The molecule has 1 heterocycles. The van der Waals surface area contributed by atoms with E-state index < -0.39 is 0 Å². The average Bonchev–Trinajstić information content (AvgIpc) is 2.62. The van der Waals surface area contributed by atoms with Crippen LogP contribution in [-0.2, 0) is 4.79 Å². The fourth-order valence-electron chi connectivity index (χ4n) is 1.83. The molecule has 1 aromatic carbocycles. The van der Waals surface area contributed by atoms with Gasteiger partial charge in [0, 0.05) is 25.9 Å². The molecule has 1 aliphatic rings. The molecule has 2 rings (SSSR count). The molecule has 0 fully saturated rings. The number of rotatable bonds is 3. The van der Waals surface area contributed by atoms with Crippen LogP contribution in [-0.4, -0.2) is 26.2 Å². The normalized spacial score (nSPS) is 15.7. The highest BCUT2D eigenvalue weighted by atomic mass is 16.5. The van der Waals surface area contributed by atoms with Gasteiger partial charge in [0.1, 0.15) is 0 Å². The number of nitrogens with one attached hydrogen (secondary N) is 1. The quantitative estimate of drug-likeness (QED) is 0.838. The molecule has 5 heteroatoms. The Morgan fingerprint density at radius 1 is 1.39 bits per heavy atom. The first kappa shape index (κ1) is 12.7. The number of ether oxygens (including phenoxy) is 2. The summed E-state index contributed by atoms with van der Waals surface area (Å²) in [5.74, 6) is 1.37. The van der Waals surface area contributed by atoms with Gasteiger partial charge in [-0.3, -0.25) is 4.79 Å². The van der Waals surface area contributed by atoms with Crippen molar-refractivity contribution in [2.24, 2.45) is 5.73 Å². The standard InChI is InChI=1S/C13H18N2O3/c1-15-13(16)8-10(14)9-3-4-11-12(7-9)18-6-2-5-17-11/h3-4,7,10H,2,5-6,8,14H2,1H3,(H,15,16). The smallest absolute Gasteiger partial charge is 0.221 e. The molecule has 0 saturated carbocycles. The second-order valence-electron chi connectivity index (χ2n) is 4.24. The maximum Gasteiger partial charge on any atom is 0.221 e. The third-order valence-electron chi connectivity index (χ3n) is 2.88. The highest BCUT2D eigenvalue weighted by Crippen LogP contribution is 2.32. The number of carbonyl (C=O) groups excluding carboxylic acids is 1. The van der Waals surface area contributed by atoms with Gasteiger partial charge in [-0.15, -0.1) is 0 Å². The molecule has 1 aliphatic heterocycles. The Bertz CT molecular complexity index is 434. The first-order chi connectivity index (χ1) is 8.70. The van der Waals surface area contributed by atoms with Crippen molar-refractivity contribution in [1.82, 2.24) is 5.32 Å². The summed E-state index contributed by atoms with van der Waals surface area (Å²) in [4.78, 5) is 11.3. The van der Waals surface area contributed by atoms with E-state index in [1.54, 1.807) is 7.05 Å². The fraction of sp³-hybridized carbons (Fsp3) is 0.462. The van der Waals surface area contributed by atoms with E-state index in [4.69, 9.17) is 15.2 Å². The van der Waals surface area contributed by atoms with Gasteiger partial charge >= 0.3 is 0 Å². The molecule has 98 valence electrons. The van der Waals surface area contributed by atoms with E-state index in [-0.39, 0.29) is 18.4 Å². The highest BCUT2D eigenvalue weighted by Gasteiger charge is 2.15. The van der Waals surface area contributed by atoms with E-state index in [1.165, 1.54) is 0 Å². The van der Waals surface area contributed by atoms with Crippen LogP contribution in [0.25, 0.3) is 0 Å². The fourth-order valence-corrected chi connectivity index (χ4v) is 1.83. The summed E-state index contributed by atoms with van der Waals surface area (Å²) in [6.07, 6.45) is 1.13. The minimum atomic E-state index is -0.331. The number of fused-ring (bicyclic) bond motifs is 1. The van der Waals surface area contributed by atoms with Crippen molar-refractivity contribution in [3.63, 3.8) is 0 Å². The van der Waals surface area contributed by atoms with Gasteiger partial charge in [-0.2, -0.15) is 0 Å². The maximum atomic E-state index is 11.3. The summed E-state index contributed by atoms with van der Waals surface area (Å²) in [6.45, 7) is 1.30. The summed E-state index contributed by atoms with van der Waals surface area (Å²) in [5.41, 5.74) is 6.86. The summed E-state index contributed by atoms with van der Waals surface area (Å²) in [6, 6.07) is 5.25. The lowest BCUT2D eigenvalue weighted by atomic mass is 10.0. The first-order valence-electron chi connectivity index (χ1n) is 6.06.